The van der Waals surface area contributed by atoms with Crippen LogP contribution in [-0.4, -0.2) is 15.9 Å². The first-order chi connectivity index (χ1) is 7.58. The molecule has 0 atom stereocenters. The van der Waals surface area contributed by atoms with Crippen molar-refractivity contribution in [2.45, 2.75) is 0 Å². The van der Waals surface area contributed by atoms with E-state index in [-0.39, 0.29) is 16.9 Å². The van der Waals surface area contributed by atoms with Gasteiger partial charge in [0.25, 0.3) is 0 Å². The first-order valence-electron chi connectivity index (χ1n) is 4.17. The minimum atomic E-state index is -0.431. The van der Waals surface area contributed by atoms with Crippen LogP contribution in [0, 0.1) is 0 Å². The molecule has 7 heteroatoms. The second-order valence-electron chi connectivity index (χ2n) is 2.91. The summed E-state index contributed by atoms with van der Waals surface area (Å²) >= 11 is 11.5. The maximum absolute atomic E-state index is 11.8. The Balaban J connectivity index is 2.38. The van der Waals surface area contributed by atoms with Crippen molar-refractivity contribution in [1.29, 1.82) is 0 Å². The zero-order valence-corrected chi connectivity index (χ0v) is 9.29. The van der Waals surface area contributed by atoms with Crippen LogP contribution < -0.4 is 5.73 Å². The third kappa shape index (κ3) is 2.00. The summed E-state index contributed by atoms with van der Waals surface area (Å²) in [6, 6.07) is 4.30. The summed E-state index contributed by atoms with van der Waals surface area (Å²) in [5.41, 5.74) is 5.52. The molecule has 0 amide bonds. The van der Waals surface area contributed by atoms with Crippen molar-refractivity contribution in [2.24, 2.45) is 0 Å². The number of benzene rings is 1. The summed E-state index contributed by atoms with van der Waals surface area (Å²) in [5.74, 6) is -0.546. The lowest BCUT2D eigenvalue weighted by molar-refractivity contribution is 0.102. The fraction of sp³-hybridized carbons (Fsp3) is 0. The lowest BCUT2D eigenvalue weighted by Gasteiger charge is -1.98. The van der Waals surface area contributed by atoms with Crippen LogP contribution >= 0.6 is 23.2 Å². The molecule has 2 rings (SSSR count). The van der Waals surface area contributed by atoms with Gasteiger partial charge in [-0.15, -0.1) is 0 Å². The molecule has 0 fully saturated rings. The minimum absolute atomic E-state index is 0.115. The molecule has 1 aromatic carbocycles. The molecule has 0 aliphatic heterocycles. The molecule has 0 saturated carbocycles. The Labute approximate surface area is 100 Å². The van der Waals surface area contributed by atoms with Crippen molar-refractivity contribution >= 4 is 35.0 Å². The Morgan fingerprint density at radius 1 is 1.31 bits per heavy atom. The Kier molecular flexibility index (Phi) is 2.80. The Morgan fingerprint density at radius 2 is 2.06 bits per heavy atom. The second kappa shape index (κ2) is 4.11. The van der Waals surface area contributed by atoms with Gasteiger partial charge in [-0.1, -0.05) is 28.4 Å². The molecule has 0 aliphatic carbocycles. The highest BCUT2D eigenvalue weighted by molar-refractivity contribution is 6.42. The van der Waals surface area contributed by atoms with Crippen LogP contribution in [0.4, 0.5) is 6.01 Å². The molecule has 0 radical (unpaired) electrons. The van der Waals surface area contributed by atoms with Gasteiger partial charge in [0.05, 0.1) is 10.0 Å². The van der Waals surface area contributed by atoms with Crippen molar-refractivity contribution in [3.63, 3.8) is 0 Å². The summed E-state index contributed by atoms with van der Waals surface area (Å²) < 4.78 is 4.50. The molecular weight excluding hydrogens is 253 g/mol. The van der Waals surface area contributed by atoms with E-state index >= 15 is 0 Å². The molecule has 82 valence electrons. The van der Waals surface area contributed by atoms with Crippen LogP contribution in [0.5, 0.6) is 0 Å². The minimum Gasteiger partial charge on any atom is -0.351 e. The highest BCUT2D eigenvalue weighted by Gasteiger charge is 2.16. The third-order valence-corrected chi connectivity index (χ3v) is 2.57. The largest absolute Gasteiger partial charge is 0.351 e. The van der Waals surface area contributed by atoms with E-state index in [0.717, 1.165) is 0 Å². The summed E-state index contributed by atoms with van der Waals surface area (Å²) in [6.07, 6.45) is 0. The fourth-order valence-corrected chi connectivity index (χ4v) is 1.39. The van der Waals surface area contributed by atoms with Gasteiger partial charge in [0.1, 0.15) is 0 Å². The van der Waals surface area contributed by atoms with Crippen LogP contribution in [0.15, 0.2) is 22.7 Å². The SMILES string of the molecule is Nc1nc(C(=O)c2ccc(Cl)c(Cl)c2)no1. The standard InChI is InChI=1S/C9H5Cl2N3O2/c10-5-2-1-4(3-6(5)11)7(15)8-13-9(12)16-14-8/h1-3H,(H2,12,13,14). The zero-order chi connectivity index (χ0) is 11.7. The van der Waals surface area contributed by atoms with Gasteiger partial charge >= 0.3 is 6.01 Å². The zero-order valence-electron chi connectivity index (χ0n) is 7.78. The van der Waals surface area contributed by atoms with E-state index in [1.54, 1.807) is 0 Å². The smallest absolute Gasteiger partial charge is 0.319 e. The van der Waals surface area contributed by atoms with Crippen molar-refractivity contribution in [3.8, 4) is 0 Å². The predicted molar refractivity (Wildman–Crippen MR) is 58.6 cm³/mol. The third-order valence-electron chi connectivity index (χ3n) is 1.83. The number of hydrogen-bond donors (Lipinski definition) is 1. The molecule has 2 aromatic rings. The Bertz CT molecular complexity index is 553. The Morgan fingerprint density at radius 3 is 2.62 bits per heavy atom. The quantitative estimate of drug-likeness (QED) is 0.835. The van der Waals surface area contributed by atoms with Crippen molar-refractivity contribution in [1.82, 2.24) is 10.1 Å². The number of hydrogen-bond acceptors (Lipinski definition) is 5. The summed E-state index contributed by atoms with van der Waals surface area (Å²) in [5, 5.41) is 4.06. The van der Waals surface area contributed by atoms with Crippen molar-refractivity contribution in [3.05, 3.63) is 39.6 Å². The maximum atomic E-state index is 11.8. The molecule has 5 nitrogen and oxygen atoms in total. The molecule has 1 aromatic heterocycles. The van der Waals surface area contributed by atoms with Gasteiger partial charge in [-0.25, -0.2) is 0 Å². The predicted octanol–water partition coefficient (Wildman–Crippen LogP) is 2.19. The number of ketones is 1. The highest BCUT2D eigenvalue weighted by atomic mass is 35.5. The molecule has 2 N–H and O–H groups in total. The van der Waals surface area contributed by atoms with Gasteiger partial charge in [-0.2, -0.15) is 4.98 Å². The van der Waals surface area contributed by atoms with E-state index in [4.69, 9.17) is 28.9 Å². The molecule has 0 unspecified atom stereocenters. The molecule has 16 heavy (non-hydrogen) atoms. The molecular formula is C9H5Cl2N3O2. The van der Waals surface area contributed by atoms with Gasteiger partial charge in [0.2, 0.25) is 11.6 Å². The average molecular weight is 258 g/mol. The number of halogens is 2. The average Bonchev–Trinajstić information content (AvgIpc) is 2.68. The van der Waals surface area contributed by atoms with Crippen molar-refractivity contribution in [2.75, 3.05) is 5.73 Å². The van der Waals surface area contributed by atoms with Gasteiger partial charge in [0.15, 0.2) is 0 Å². The molecule has 0 saturated heterocycles. The lowest BCUT2D eigenvalue weighted by Crippen LogP contribution is -2.03. The van der Waals surface area contributed by atoms with E-state index in [2.05, 4.69) is 14.7 Å². The summed E-state index contributed by atoms with van der Waals surface area (Å²) in [6.45, 7) is 0. The number of nitrogens with zero attached hydrogens (tertiary/aromatic N) is 2. The molecule has 1 heterocycles. The van der Waals surface area contributed by atoms with Crippen LogP contribution in [0.25, 0.3) is 0 Å². The molecule has 0 aliphatic rings. The normalized spacial score (nSPS) is 10.4. The van der Waals surface area contributed by atoms with E-state index in [1.807, 2.05) is 0 Å². The second-order valence-corrected chi connectivity index (χ2v) is 3.73. The van der Waals surface area contributed by atoms with Crippen molar-refractivity contribution < 1.29 is 9.32 Å². The number of anilines is 1. The molecule has 0 spiro atoms. The van der Waals surface area contributed by atoms with Gasteiger partial charge in [0, 0.05) is 5.56 Å². The van der Waals surface area contributed by atoms with Gasteiger partial charge < -0.3 is 10.3 Å². The lowest BCUT2D eigenvalue weighted by atomic mass is 10.1. The summed E-state index contributed by atoms with van der Waals surface area (Å²) in [4.78, 5) is 15.4. The summed E-state index contributed by atoms with van der Waals surface area (Å²) in [7, 11) is 0. The van der Waals surface area contributed by atoms with Crippen LogP contribution in [0.1, 0.15) is 16.2 Å². The first-order valence-corrected chi connectivity index (χ1v) is 4.92. The van der Waals surface area contributed by atoms with Gasteiger partial charge in [-0.05, 0) is 18.2 Å². The number of rotatable bonds is 2. The monoisotopic (exact) mass is 257 g/mol. The number of nitrogens with two attached hydrogens (primary N) is 1. The first kappa shape index (κ1) is 10.9. The Hall–Kier alpha value is -1.59. The van der Waals surface area contributed by atoms with E-state index in [9.17, 15) is 4.79 Å². The van der Waals surface area contributed by atoms with Crippen LogP contribution in [-0.2, 0) is 0 Å². The van der Waals surface area contributed by atoms with E-state index in [0.29, 0.717) is 10.6 Å². The highest BCUT2D eigenvalue weighted by Crippen LogP contribution is 2.23. The molecule has 0 bridgehead atoms. The topological polar surface area (TPSA) is 82.0 Å². The van der Waals surface area contributed by atoms with Crippen LogP contribution in [0.2, 0.25) is 10.0 Å². The number of carbonyl (C=O) groups is 1. The van der Waals surface area contributed by atoms with E-state index < -0.39 is 5.78 Å². The number of aromatic nitrogens is 2. The van der Waals surface area contributed by atoms with E-state index in [1.165, 1.54) is 18.2 Å². The van der Waals surface area contributed by atoms with Gasteiger partial charge in [-0.3, -0.25) is 4.79 Å². The fourth-order valence-electron chi connectivity index (χ4n) is 1.09. The maximum Gasteiger partial charge on any atom is 0.319 e. The van der Waals surface area contributed by atoms with Crippen LogP contribution in [0.3, 0.4) is 0 Å². The number of nitrogen functional groups attached to an aromatic ring is 1. The number of carbonyl (C=O) groups excluding carboxylic acids is 1.